The molecule has 4 rings (SSSR count). The number of halogens is 2. The highest BCUT2D eigenvalue weighted by atomic mass is 35.5. The highest BCUT2D eigenvalue weighted by Gasteiger charge is 2.21. The molecule has 0 saturated heterocycles. The van der Waals surface area contributed by atoms with E-state index in [1.165, 1.54) is 11.3 Å². The third-order valence-electron chi connectivity index (χ3n) is 4.14. The Morgan fingerprint density at radius 2 is 1.50 bits per heavy atom. The Balaban J connectivity index is 1.95. The van der Waals surface area contributed by atoms with Crippen molar-refractivity contribution in [3.05, 3.63) is 54.8 Å². The maximum atomic E-state index is 9.54. The normalized spacial score (nSPS) is 11.2. The number of aromatic hydroxyl groups is 1. The minimum absolute atomic E-state index is 0.224. The Kier molecular flexibility index (Phi) is 4.57. The van der Waals surface area contributed by atoms with Crippen molar-refractivity contribution in [2.24, 2.45) is 0 Å². The van der Waals surface area contributed by atoms with Crippen LogP contribution in [-0.2, 0) is 0 Å². The monoisotopic (exact) mass is 420 g/mol. The van der Waals surface area contributed by atoms with E-state index in [2.05, 4.69) is 4.98 Å². The molecule has 0 saturated carbocycles. The standard InChI is InChI=1S/C19H14Cl2N2OS2/c1-9-13(7-15(20)25-9)17-18(14-8-16(21)26-10(14)2)23-19(22-17)11-3-5-12(24)6-4-11/h3-8,24H,1-2H3,(H,22,23). The Bertz CT molecular complexity index is 1030. The van der Waals surface area contributed by atoms with Crippen molar-refractivity contribution in [3.63, 3.8) is 0 Å². The van der Waals surface area contributed by atoms with Gasteiger partial charge in [0.15, 0.2) is 0 Å². The number of phenolic OH excluding ortho intramolecular Hbond substituents is 1. The fourth-order valence-electron chi connectivity index (χ4n) is 2.89. The predicted molar refractivity (Wildman–Crippen MR) is 112 cm³/mol. The molecule has 2 N–H and O–H groups in total. The lowest BCUT2D eigenvalue weighted by Gasteiger charge is -2.01. The van der Waals surface area contributed by atoms with Gasteiger partial charge in [-0.2, -0.15) is 0 Å². The van der Waals surface area contributed by atoms with Crippen molar-refractivity contribution in [2.45, 2.75) is 13.8 Å². The number of nitrogens with one attached hydrogen (secondary N) is 1. The van der Waals surface area contributed by atoms with E-state index >= 15 is 0 Å². The molecule has 4 aromatic rings. The number of imidazole rings is 1. The van der Waals surface area contributed by atoms with E-state index in [1.54, 1.807) is 23.5 Å². The zero-order valence-corrected chi connectivity index (χ0v) is 17.1. The smallest absolute Gasteiger partial charge is 0.138 e. The summed E-state index contributed by atoms with van der Waals surface area (Å²) in [5, 5.41) is 9.54. The summed E-state index contributed by atoms with van der Waals surface area (Å²) in [5.74, 6) is 0.958. The van der Waals surface area contributed by atoms with Gasteiger partial charge < -0.3 is 10.1 Å². The number of rotatable bonds is 3. The first kappa shape index (κ1) is 17.6. The summed E-state index contributed by atoms with van der Waals surface area (Å²) in [5.41, 5.74) is 4.72. The van der Waals surface area contributed by atoms with Crippen molar-refractivity contribution in [1.29, 1.82) is 0 Å². The highest BCUT2D eigenvalue weighted by molar-refractivity contribution is 7.17. The molecule has 0 radical (unpaired) electrons. The van der Waals surface area contributed by atoms with Crippen LogP contribution in [0.2, 0.25) is 8.67 Å². The van der Waals surface area contributed by atoms with E-state index in [1.807, 2.05) is 38.1 Å². The predicted octanol–water partition coefficient (Wildman–Crippen LogP) is 7.16. The van der Waals surface area contributed by atoms with Crippen LogP contribution >= 0.6 is 45.9 Å². The van der Waals surface area contributed by atoms with Crippen molar-refractivity contribution >= 4 is 45.9 Å². The Morgan fingerprint density at radius 1 is 0.923 bits per heavy atom. The third kappa shape index (κ3) is 3.16. The molecule has 1 aromatic carbocycles. The fraction of sp³-hybridized carbons (Fsp3) is 0.105. The van der Waals surface area contributed by atoms with Crippen LogP contribution in [0.1, 0.15) is 9.75 Å². The van der Waals surface area contributed by atoms with Crippen molar-refractivity contribution < 1.29 is 5.11 Å². The molecule has 132 valence electrons. The van der Waals surface area contributed by atoms with Crippen LogP contribution in [0.3, 0.4) is 0 Å². The number of benzene rings is 1. The lowest BCUT2D eigenvalue weighted by Crippen LogP contribution is -1.83. The average Bonchev–Trinajstić information content (AvgIpc) is 3.25. The number of hydrogen-bond acceptors (Lipinski definition) is 4. The maximum Gasteiger partial charge on any atom is 0.138 e. The Hall–Kier alpha value is -1.79. The number of thiophene rings is 2. The Labute approximate surface area is 168 Å². The molecule has 0 atom stereocenters. The second-order valence-electron chi connectivity index (χ2n) is 5.90. The molecule has 26 heavy (non-hydrogen) atoms. The number of aryl methyl sites for hydroxylation is 2. The average molecular weight is 421 g/mol. The topological polar surface area (TPSA) is 48.9 Å². The van der Waals surface area contributed by atoms with Gasteiger partial charge in [0.1, 0.15) is 11.6 Å². The molecular weight excluding hydrogens is 407 g/mol. The van der Waals surface area contributed by atoms with Gasteiger partial charge in [-0.15, -0.1) is 22.7 Å². The third-order valence-corrected chi connectivity index (χ3v) is 6.50. The minimum atomic E-state index is 0.224. The Morgan fingerprint density at radius 3 is 2.04 bits per heavy atom. The summed E-state index contributed by atoms with van der Waals surface area (Å²) in [6.07, 6.45) is 0. The summed E-state index contributed by atoms with van der Waals surface area (Å²) in [4.78, 5) is 10.5. The number of hydrogen-bond donors (Lipinski definition) is 2. The molecule has 0 fully saturated rings. The number of nitrogens with zero attached hydrogens (tertiary/aromatic N) is 1. The molecular formula is C19H14Cl2N2OS2. The largest absolute Gasteiger partial charge is 0.508 e. The lowest BCUT2D eigenvalue weighted by atomic mass is 10.1. The molecule has 7 heteroatoms. The van der Waals surface area contributed by atoms with Crippen molar-refractivity contribution in [2.75, 3.05) is 0 Å². The molecule has 0 aliphatic heterocycles. The molecule has 0 aliphatic carbocycles. The summed E-state index contributed by atoms with van der Waals surface area (Å²) >= 11 is 15.5. The molecule has 3 aromatic heterocycles. The van der Waals surface area contributed by atoms with E-state index in [0.29, 0.717) is 0 Å². The van der Waals surface area contributed by atoms with Gasteiger partial charge in [-0.05, 0) is 50.2 Å². The summed E-state index contributed by atoms with van der Waals surface area (Å²) in [7, 11) is 0. The van der Waals surface area contributed by atoms with Gasteiger partial charge in [0.05, 0.1) is 20.1 Å². The zero-order chi connectivity index (χ0) is 18.4. The first-order valence-corrected chi connectivity index (χ1v) is 10.2. The molecule has 0 bridgehead atoms. The summed E-state index contributed by atoms with van der Waals surface area (Å²) in [6.45, 7) is 4.09. The minimum Gasteiger partial charge on any atom is -0.508 e. The number of H-pyrrole nitrogens is 1. The van der Waals surface area contributed by atoms with E-state index in [4.69, 9.17) is 28.2 Å². The van der Waals surface area contributed by atoms with E-state index < -0.39 is 0 Å². The van der Waals surface area contributed by atoms with E-state index in [9.17, 15) is 5.11 Å². The van der Waals surface area contributed by atoms with Crippen molar-refractivity contribution in [3.8, 4) is 39.7 Å². The van der Waals surface area contributed by atoms with Gasteiger partial charge in [-0.1, -0.05) is 23.2 Å². The quantitative estimate of drug-likeness (QED) is 0.369. The van der Waals surface area contributed by atoms with Gasteiger partial charge >= 0.3 is 0 Å². The molecule has 0 amide bonds. The lowest BCUT2D eigenvalue weighted by molar-refractivity contribution is 0.475. The zero-order valence-electron chi connectivity index (χ0n) is 13.9. The van der Waals surface area contributed by atoms with Crippen LogP contribution in [0.5, 0.6) is 5.75 Å². The fourth-order valence-corrected chi connectivity index (χ4v) is 5.28. The van der Waals surface area contributed by atoms with E-state index in [0.717, 1.165) is 52.3 Å². The van der Waals surface area contributed by atoms with Gasteiger partial charge in [0, 0.05) is 26.4 Å². The number of aromatic nitrogens is 2. The number of phenols is 1. The van der Waals surface area contributed by atoms with Gasteiger partial charge in [-0.3, -0.25) is 0 Å². The van der Waals surface area contributed by atoms with Crippen LogP contribution in [0.15, 0.2) is 36.4 Å². The van der Waals surface area contributed by atoms with E-state index in [-0.39, 0.29) is 5.75 Å². The molecule has 0 unspecified atom stereocenters. The van der Waals surface area contributed by atoms with Gasteiger partial charge in [0.2, 0.25) is 0 Å². The maximum absolute atomic E-state index is 9.54. The highest BCUT2D eigenvalue weighted by Crippen LogP contribution is 2.42. The van der Waals surface area contributed by atoms with Crippen molar-refractivity contribution in [1.82, 2.24) is 9.97 Å². The molecule has 3 nitrogen and oxygen atoms in total. The second kappa shape index (κ2) is 6.74. The van der Waals surface area contributed by atoms with Gasteiger partial charge in [0.25, 0.3) is 0 Å². The summed E-state index contributed by atoms with van der Waals surface area (Å²) in [6, 6.07) is 10.9. The van der Waals surface area contributed by atoms with Crippen LogP contribution in [0.25, 0.3) is 33.9 Å². The first-order chi connectivity index (χ1) is 12.4. The number of aromatic amines is 1. The van der Waals surface area contributed by atoms with Gasteiger partial charge in [-0.25, -0.2) is 4.98 Å². The van der Waals surface area contributed by atoms with Crippen LogP contribution in [-0.4, -0.2) is 15.1 Å². The second-order valence-corrected chi connectivity index (χ2v) is 9.67. The SMILES string of the molecule is Cc1sc(Cl)cc1-c1nc(-c2ccc(O)cc2)[nH]c1-c1cc(Cl)sc1C. The molecule has 3 heterocycles. The summed E-state index contributed by atoms with van der Waals surface area (Å²) < 4.78 is 1.47. The first-order valence-electron chi connectivity index (χ1n) is 7.84. The van der Waals surface area contributed by atoms with Crippen LogP contribution < -0.4 is 0 Å². The van der Waals surface area contributed by atoms with Crippen LogP contribution in [0, 0.1) is 13.8 Å². The molecule has 0 aliphatic rings. The molecule has 0 spiro atoms. The van der Waals surface area contributed by atoms with Crippen LogP contribution in [0.4, 0.5) is 0 Å².